The Balaban J connectivity index is 1.49. The maximum atomic E-state index is 13.2. The molecule has 2 aliphatic rings. The van der Waals surface area contributed by atoms with Crippen LogP contribution in [-0.4, -0.2) is 75.3 Å². The number of benzene rings is 1. The molecule has 2 fully saturated rings. The van der Waals surface area contributed by atoms with E-state index in [0.29, 0.717) is 35.2 Å². The van der Waals surface area contributed by atoms with E-state index in [1.54, 1.807) is 45.9 Å². The van der Waals surface area contributed by atoms with Gasteiger partial charge in [-0.05, 0) is 58.7 Å². The average Bonchev–Trinajstić information content (AvgIpc) is 3.01. The van der Waals surface area contributed by atoms with Crippen molar-refractivity contribution in [2.75, 3.05) is 19.8 Å². The second-order valence-corrected chi connectivity index (χ2v) is 10.0. The molecule has 10 heteroatoms. The number of nitrogens with one attached hydrogen (secondary N) is 1. The third-order valence-electron chi connectivity index (χ3n) is 6.13. The highest BCUT2D eigenvalue weighted by Crippen LogP contribution is 2.30. The number of carbonyl (C=O) groups excluding carboxylic acids is 2. The van der Waals surface area contributed by atoms with Gasteiger partial charge in [-0.25, -0.2) is 9.48 Å². The Kier molecular flexibility index (Phi) is 6.64. The highest BCUT2D eigenvalue weighted by molar-refractivity contribution is 5.99. The fraction of sp³-hybridized carbons (Fsp3) is 0.583. The van der Waals surface area contributed by atoms with Crippen LogP contribution in [0.3, 0.4) is 0 Å². The summed E-state index contributed by atoms with van der Waals surface area (Å²) < 4.78 is 11.9. The number of amides is 2. The summed E-state index contributed by atoms with van der Waals surface area (Å²) in [7, 11) is 0. The van der Waals surface area contributed by atoms with Crippen LogP contribution in [0.4, 0.5) is 4.79 Å². The smallest absolute Gasteiger partial charge is 0.407 e. The lowest BCUT2D eigenvalue weighted by Gasteiger charge is -2.34. The molecule has 2 unspecified atom stereocenters. The Labute approximate surface area is 197 Å². The lowest BCUT2D eigenvalue weighted by Crippen LogP contribution is -2.49. The van der Waals surface area contributed by atoms with E-state index < -0.39 is 17.8 Å². The molecule has 3 atom stereocenters. The highest BCUT2D eigenvalue weighted by atomic mass is 16.6. The molecule has 2 N–H and O–H groups in total. The van der Waals surface area contributed by atoms with Crippen molar-refractivity contribution in [3.05, 3.63) is 39.8 Å². The van der Waals surface area contributed by atoms with E-state index in [-0.39, 0.29) is 36.6 Å². The van der Waals surface area contributed by atoms with Crippen LogP contribution in [0.25, 0.3) is 10.8 Å². The molecular formula is C24H32N4O6. The van der Waals surface area contributed by atoms with Crippen molar-refractivity contribution < 1.29 is 24.2 Å². The molecule has 1 aromatic carbocycles. The molecule has 1 aromatic heterocycles. The first-order chi connectivity index (χ1) is 16.0. The minimum absolute atomic E-state index is 0.0510. The molecule has 0 radical (unpaired) electrons. The van der Waals surface area contributed by atoms with E-state index in [0.717, 1.165) is 12.8 Å². The molecule has 2 bridgehead atoms. The molecule has 184 valence electrons. The number of carbonyl (C=O) groups is 2. The molecule has 10 nitrogen and oxygen atoms in total. The van der Waals surface area contributed by atoms with Gasteiger partial charge in [-0.3, -0.25) is 9.59 Å². The van der Waals surface area contributed by atoms with Crippen LogP contribution < -0.4 is 10.9 Å². The summed E-state index contributed by atoms with van der Waals surface area (Å²) >= 11 is 0. The van der Waals surface area contributed by atoms with E-state index in [9.17, 15) is 19.5 Å². The number of aliphatic hydroxyl groups is 1. The van der Waals surface area contributed by atoms with E-state index in [2.05, 4.69) is 10.4 Å². The maximum absolute atomic E-state index is 13.2. The van der Waals surface area contributed by atoms with Crippen molar-refractivity contribution in [2.24, 2.45) is 0 Å². The van der Waals surface area contributed by atoms with Crippen LogP contribution in [0.2, 0.25) is 0 Å². The summed E-state index contributed by atoms with van der Waals surface area (Å²) in [6.45, 7) is 7.94. The van der Waals surface area contributed by atoms with Crippen LogP contribution in [0.5, 0.6) is 0 Å². The van der Waals surface area contributed by atoms with Crippen molar-refractivity contribution in [1.82, 2.24) is 20.0 Å². The average molecular weight is 473 g/mol. The molecule has 3 heterocycles. The quantitative estimate of drug-likeness (QED) is 0.677. The number of morpholine rings is 1. The predicted molar refractivity (Wildman–Crippen MR) is 125 cm³/mol. The maximum Gasteiger partial charge on any atom is 0.407 e. The minimum atomic E-state index is -1.03. The topological polar surface area (TPSA) is 123 Å². The summed E-state index contributed by atoms with van der Waals surface area (Å²) in [6.07, 6.45) is 0.209. The number of aliphatic hydroxyl groups excluding tert-OH is 1. The highest BCUT2D eigenvalue weighted by Gasteiger charge is 2.40. The number of hydrogen-bond donors (Lipinski definition) is 2. The Morgan fingerprint density at radius 2 is 1.91 bits per heavy atom. The zero-order valence-corrected chi connectivity index (χ0v) is 20.0. The molecule has 2 aliphatic heterocycles. The predicted octanol–water partition coefficient (Wildman–Crippen LogP) is 1.59. The Morgan fingerprint density at radius 1 is 1.24 bits per heavy atom. The Bertz CT molecular complexity index is 1140. The largest absolute Gasteiger partial charge is 0.444 e. The third-order valence-corrected chi connectivity index (χ3v) is 6.13. The monoisotopic (exact) mass is 472 g/mol. The van der Waals surface area contributed by atoms with E-state index in [1.165, 1.54) is 4.68 Å². The number of aromatic nitrogens is 2. The van der Waals surface area contributed by atoms with Gasteiger partial charge in [0.05, 0.1) is 49.0 Å². The number of hydrogen-bond acceptors (Lipinski definition) is 7. The lowest BCUT2D eigenvalue weighted by molar-refractivity contribution is -0.00715. The number of alkyl carbamates (subject to hydrolysis) is 1. The summed E-state index contributed by atoms with van der Waals surface area (Å²) in [4.78, 5) is 39.9. The molecule has 2 aromatic rings. The van der Waals surface area contributed by atoms with E-state index >= 15 is 0 Å². The molecule has 0 aliphatic carbocycles. The van der Waals surface area contributed by atoms with Crippen molar-refractivity contribution in [3.8, 4) is 0 Å². The van der Waals surface area contributed by atoms with Crippen molar-refractivity contribution >= 4 is 22.8 Å². The summed E-state index contributed by atoms with van der Waals surface area (Å²) in [5, 5.41) is 18.2. The van der Waals surface area contributed by atoms with Gasteiger partial charge < -0.3 is 24.8 Å². The minimum Gasteiger partial charge on any atom is -0.444 e. The fourth-order valence-corrected chi connectivity index (χ4v) is 4.59. The van der Waals surface area contributed by atoms with Crippen molar-refractivity contribution in [3.63, 3.8) is 0 Å². The first kappa shape index (κ1) is 24.2. The van der Waals surface area contributed by atoms with Gasteiger partial charge in [0.1, 0.15) is 5.60 Å². The van der Waals surface area contributed by atoms with Gasteiger partial charge in [-0.15, -0.1) is 0 Å². The molecular weight excluding hydrogens is 440 g/mol. The third kappa shape index (κ3) is 5.07. The van der Waals surface area contributed by atoms with Crippen LogP contribution >= 0.6 is 0 Å². The molecule has 2 amide bonds. The normalized spacial score (nSPS) is 20.9. The molecule has 34 heavy (non-hydrogen) atoms. The number of aryl methyl sites for hydroxylation is 1. The summed E-state index contributed by atoms with van der Waals surface area (Å²) in [6, 6.07) is 5.24. The van der Waals surface area contributed by atoms with Gasteiger partial charge in [-0.2, -0.15) is 5.10 Å². The SMILES string of the molecule is Cc1nn(C[C@@H](O)CNC(=O)OC(C)(C)C)c(=O)c2ccc(C(=O)N3C4CCC3COC4)cc12. The molecule has 4 rings (SSSR count). The standard InChI is InChI=1S/C24H32N4O6/c1-14-20-9-15(21(30)28-16-6-7-17(28)13-33-12-16)5-8-19(20)22(31)27(26-14)11-18(29)10-25-23(32)34-24(2,3)4/h5,8-9,16-18,29H,6-7,10-13H2,1-4H3,(H,25,32)/t16?,17?,18-/m0/s1. The van der Waals surface area contributed by atoms with Gasteiger partial charge >= 0.3 is 6.09 Å². The first-order valence-electron chi connectivity index (χ1n) is 11.6. The summed E-state index contributed by atoms with van der Waals surface area (Å²) in [5.41, 5.74) is 0.0729. The van der Waals surface area contributed by atoms with Crippen molar-refractivity contribution in [2.45, 2.75) is 70.9 Å². The zero-order valence-electron chi connectivity index (χ0n) is 20.0. The number of fused-ring (bicyclic) bond motifs is 3. The molecule has 2 saturated heterocycles. The van der Waals surface area contributed by atoms with Gasteiger partial charge in [0.15, 0.2) is 0 Å². The second-order valence-electron chi connectivity index (χ2n) is 10.0. The Hall–Kier alpha value is -2.98. The van der Waals surface area contributed by atoms with Gasteiger partial charge in [-0.1, -0.05) is 0 Å². The van der Waals surface area contributed by atoms with Gasteiger partial charge in [0.25, 0.3) is 11.5 Å². The van der Waals surface area contributed by atoms with Crippen LogP contribution in [0.1, 0.15) is 49.7 Å². The van der Waals surface area contributed by atoms with Gasteiger partial charge in [0.2, 0.25) is 0 Å². The van der Waals surface area contributed by atoms with E-state index in [4.69, 9.17) is 9.47 Å². The number of rotatable bonds is 5. The molecule has 0 saturated carbocycles. The second kappa shape index (κ2) is 9.34. The van der Waals surface area contributed by atoms with Crippen LogP contribution in [0.15, 0.2) is 23.0 Å². The zero-order chi connectivity index (χ0) is 24.6. The van der Waals surface area contributed by atoms with Gasteiger partial charge in [0, 0.05) is 17.5 Å². The first-order valence-corrected chi connectivity index (χ1v) is 11.6. The number of ether oxygens (including phenoxy) is 2. The number of nitrogens with zero attached hydrogens (tertiary/aromatic N) is 3. The van der Waals surface area contributed by atoms with Crippen LogP contribution in [0, 0.1) is 6.92 Å². The molecule has 0 spiro atoms. The fourth-order valence-electron chi connectivity index (χ4n) is 4.59. The van der Waals surface area contributed by atoms with Crippen LogP contribution in [-0.2, 0) is 16.0 Å². The van der Waals surface area contributed by atoms with E-state index in [1.807, 2.05) is 4.90 Å². The van der Waals surface area contributed by atoms with Crippen molar-refractivity contribution in [1.29, 1.82) is 0 Å². The Morgan fingerprint density at radius 3 is 2.56 bits per heavy atom. The summed E-state index contributed by atoms with van der Waals surface area (Å²) in [5.74, 6) is -0.0510. The lowest BCUT2D eigenvalue weighted by atomic mass is 10.1.